The van der Waals surface area contributed by atoms with Crippen molar-refractivity contribution < 1.29 is 9.53 Å². The topological polar surface area (TPSA) is 48.3 Å². The quantitative estimate of drug-likeness (QED) is 0.784. The number of nitrogens with zero attached hydrogens (tertiary/aromatic N) is 1. The first-order valence-corrected chi connectivity index (χ1v) is 7.39. The van der Waals surface area contributed by atoms with Crippen LogP contribution < -0.4 is 5.56 Å². The van der Waals surface area contributed by atoms with Gasteiger partial charge in [0.05, 0.1) is 19.1 Å². The fraction of sp³-hybridized carbons (Fsp3) is 0.600. The van der Waals surface area contributed by atoms with Gasteiger partial charge in [-0.25, -0.2) is 0 Å². The van der Waals surface area contributed by atoms with Crippen molar-refractivity contribution in [2.24, 2.45) is 0 Å². The molecule has 1 saturated heterocycles. The number of aromatic nitrogens is 1. The summed E-state index contributed by atoms with van der Waals surface area (Å²) in [5, 5.41) is -0.511. The number of hydrogen-bond acceptors (Lipinski definition) is 3. The van der Waals surface area contributed by atoms with E-state index in [0.717, 1.165) is 25.1 Å². The lowest BCUT2D eigenvalue weighted by Gasteiger charge is -2.19. The third-order valence-electron chi connectivity index (χ3n) is 3.62. The molecule has 110 valence electrons. The van der Waals surface area contributed by atoms with E-state index in [1.54, 1.807) is 10.6 Å². The molecule has 2 rings (SSSR count). The van der Waals surface area contributed by atoms with Crippen LogP contribution >= 0.6 is 11.6 Å². The highest BCUT2D eigenvalue weighted by atomic mass is 35.5. The number of carbonyl (C=O) groups excluding carboxylic acids is 1. The third kappa shape index (κ3) is 3.49. The van der Waals surface area contributed by atoms with Gasteiger partial charge in [0.2, 0.25) is 5.24 Å². The monoisotopic (exact) mass is 297 g/mol. The van der Waals surface area contributed by atoms with E-state index in [9.17, 15) is 9.59 Å². The van der Waals surface area contributed by atoms with E-state index >= 15 is 0 Å². The van der Waals surface area contributed by atoms with E-state index in [2.05, 4.69) is 0 Å². The van der Waals surface area contributed by atoms with Gasteiger partial charge in [-0.2, -0.15) is 0 Å². The predicted octanol–water partition coefficient (Wildman–Crippen LogP) is 2.46. The Hall–Kier alpha value is -1.13. The van der Waals surface area contributed by atoms with Crippen LogP contribution in [0.4, 0.5) is 0 Å². The summed E-state index contributed by atoms with van der Waals surface area (Å²) in [6.07, 6.45) is 2.08. The second-order valence-electron chi connectivity index (χ2n) is 5.52. The Labute approximate surface area is 123 Å². The summed E-state index contributed by atoms with van der Waals surface area (Å²) in [5.74, 6) is 0.241. The minimum Gasteiger partial charge on any atom is -0.376 e. The molecule has 1 aromatic rings. The lowest BCUT2D eigenvalue weighted by Crippen LogP contribution is -2.32. The van der Waals surface area contributed by atoms with Crippen LogP contribution in [0.2, 0.25) is 0 Å². The summed E-state index contributed by atoms with van der Waals surface area (Å²) in [6, 6.07) is 3.63. The summed E-state index contributed by atoms with van der Waals surface area (Å²) in [5.41, 5.74) is 1.30. The van der Waals surface area contributed by atoms with Crippen molar-refractivity contribution in [2.75, 3.05) is 6.61 Å². The van der Waals surface area contributed by atoms with Gasteiger partial charge in [-0.05, 0) is 36.4 Å². The lowest BCUT2D eigenvalue weighted by molar-refractivity contribution is -0.111. The summed E-state index contributed by atoms with van der Waals surface area (Å²) < 4.78 is 7.36. The van der Waals surface area contributed by atoms with E-state index in [-0.39, 0.29) is 24.0 Å². The Bertz CT molecular complexity index is 545. The Morgan fingerprint density at radius 3 is 2.80 bits per heavy atom. The van der Waals surface area contributed by atoms with Crippen LogP contribution in [0, 0.1) is 0 Å². The maximum absolute atomic E-state index is 12.5. The fourth-order valence-electron chi connectivity index (χ4n) is 2.61. The Kier molecular flexibility index (Phi) is 5.00. The van der Waals surface area contributed by atoms with Gasteiger partial charge in [0.25, 0.3) is 5.56 Å². The Balaban J connectivity index is 2.37. The first kappa shape index (κ1) is 15.3. The third-order valence-corrected chi connectivity index (χ3v) is 3.75. The molecule has 0 radical (unpaired) electrons. The zero-order chi connectivity index (χ0) is 14.7. The van der Waals surface area contributed by atoms with E-state index < -0.39 is 5.24 Å². The number of hydrogen-bond donors (Lipinski definition) is 0. The molecule has 1 aliphatic heterocycles. The standard InChI is InChI=1S/C15H20ClNO3/c1-10(2)13-6-5-11(8-14(16)18)15(19)17(13)9-12-4-3-7-20-12/h5-6,10,12H,3-4,7-9H2,1-2H3. The molecule has 1 fully saturated rings. The van der Waals surface area contributed by atoms with E-state index in [1.807, 2.05) is 19.9 Å². The number of halogens is 1. The van der Waals surface area contributed by atoms with Gasteiger partial charge >= 0.3 is 0 Å². The molecule has 0 aromatic carbocycles. The van der Waals surface area contributed by atoms with Crippen LogP contribution in [-0.2, 0) is 22.5 Å². The number of rotatable bonds is 5. The van der Waals surface area contributed by atoms with Crippen molar-refractivity contribution in [2.45, 2.75) is 51.7 Å². The SMILES string of the molecule is CC(C)c1ccc(CC(=O)Cl)c(=O)n1CC1CCCO1. The Morgan fingerprint density at radius 2 is 2.25 bits per heavy atom. The molecule has 0 N–H and O–H groups in total. The number of carbonyl (C=O) groups is 1. The normalized spacial score (nSPS) is 18.7. The molecule has 4 nitrogen and oxygen atoms in total. The minimum absolute atomic E-state index is 0.0235. The predicted molar refractivity (Wildman–Crippen MR) is 78.3 cm³/mol. The fourth-order valence-corrected chi connectivity index (χ4v) is 2.75. The smallest absolute Gasteiger partial charge is 0.254 e. The van der Waals surface area contributed by atoms with Crippen LogP contribution in [0.15, 0.2) is 16.9 Å². The summed E-state index contributed by atoms with van der Waals surface area (Å²) >= 11 is 5.40. The molecule has 0 bridgehead atoms. The first-order chi connectivity index (χ1) is 9.49. The Morgan fingerprint density at radius 1 is 1.50 bits per heavy atom. The lowest BCUT2D eigenvalue weighted by atomic mass is 10.1. The van der Waals surface area contributed by atoms with Crippen LogP contribution in [0.1, 0.15) is 43.9 Å². The number of pyridine rings is 1. The molecular weight excluding hydrogens is 278 g/mol. The molecule has 0 aliphatic carbocycles. The van der Waals surface area contributed by atoms with Gasteiger partial charge in [-0.3, -0.25) is 9.59 Å². The molecular formula is C15H20ClNO3. The van der Waals surface area contributed by atoms with Gasteiger partial charge in [0.1, 0.15) is 0 Å². The summed E-state index contributed by atoms with van der Waals surface area (Å²) in [4.78, 5) is 23.5. The van der Waals surface area contributed by atoms with Crippen molar-refractivity contribution in [3.8, 4) is 0 Å². The molecule has 1 unspecified atom stereocenters. The van der Waals surface area contributed by atoms with Crippen LogP contribution in [0.25, 0.3) is 0 Å². The van der Waals surface area contributed by atoms with E-state index in [4.69, 9.17) is 16.3 Å². The van der Waals surface area contributed by atoms with Gasteiger partial charge in [0, 0.05) is 17.9 Å². The second kappa shape index (κ2) is 6.55. The highest BCUT2D eigenvalue weighted by Gasteiger charge is 2.20. The summed E-state index contributed by atoms with van der Waals surface area (Å²) in [6.45, 7) is 5.41. The van der Waals surface area contributed by atoms with Crippen molar-refractivity contribution in [1.29, 1.82) is 0 Å². The van der Waals surface area contributed by atoms with Crippen molar-refractivity contribution >= 4 is 16.8 Å². The highest BCUT2D eigenvalue weighted by molar-refractivity contribution is 6.63. The molecule has 2 heterocycles. The van der Waals surface area contributed by atoms with Crippen LogP contribution in [0.5, 0.6) is 0 Å². The van der Waals surface area contributed by atoms with Gasteiger partial charge in [-0.15, -0.1) is 0 Å². The summed E-state index contributed by atoms with van der Waals surface area (Å²) in [7, 11) is 0. The number of ether oxygens (including phenoxy) is 1. The molecule has 0 saturated carbocycles. The average molecular weight is 298 g/mol. The van der Waals surface area contributed by atoms with Crippen molar-refractivity contribution in [3.05, 3.63) is 33.7 Å². The van der Waals surface area contributed by atoms with Crippen molar-refractivity contribution in [3.63, 3.8) is 0 Å². The molecule has 1 aromatic heterocycles. The largest absolute Gasteiger partial charge is 0.376 e. The molecule has 20 heavy (non-hydrogen) atoms. The first-order valence-electron chi connectivity index (χ1n) is 7.01. The average Bonchev–Trinajstić information content (AvgIpc) is 2.86. The molecule has 1 aliphatic rings. The molecule has 1 atom stereocenters. The maximum Gasteiger partial charge on any atom is 0.254 e. The highest BCUT2D eigenvalue weighted by Crippen LogP contribution is 2.18. The van der Waals surface area contributed by atoms with Crippen LogP contribution in [0.3, 0.4) is 0 Å². The molecule has 0 spiro atoms. The molecule has 5 heteroatoms. The second-order valence-corrected chi connectivity index (χ2v) is 5.94. The van der Waals surface area contributed by atoms with Crippen LogP contribution in [-0.4, -0.2) is 22.5 Å². The zero-order valence-electron chi connectivity index (χ0n) is 11.9. The molecule has 0 amide bonds. The minimum atomic E-state index is -0.511. The maximum atomic E-state index is 12.5. The van der Waals surface area contributed by atoms with E-state index in [1.165, 1.54) is 0 Å². The van der Waals surface area contributed by atoms with Gasteiger partial charge in [-0.1, -0.05) is 19.9 Å². The van der Waals surface area contributed by atoms with Crippen molar-refractivity contribution in [1.82, 2.24) is 4.57 Å². The zero-order valence-corrected chi connectivity index (χ0v) is 12.7. The van der Waals surface area contributed by atoms with Gasteiger partial charge < -0.3 is 9.30 Å². The van der Waals surface area contributed by atoms with Gasteiger partial charge in [0.15, 0.2) is 0 Å². The van der Waals surface area contributed by atoms with E-state index in [0.29, 0.717) is 12.1 Å².